The van der Waals surface area contributed by atoms with Gasteiger partial charge in [-0.15, -0.1) is 0 Å². The second-order valence-electron chi connectivity index (χ2n) is 4.29. The zero-order valence-corrected chi connectivity index (χ0v) is 10.0. The van der Waals surface area contributed by atoms with Crippen molar-refractivity contribution in [2.24, 2.45) is 0 Å². The summed E-state index contributed by atoms with van der Waals surface area (Å²) < 4.78 is 27.2. The standard InChI is InChI=1S/C15H14F2O/c1-10-5-4-7-12(15(10)17)14(18)9-11-6-2-3-8-13(11)16/h2-8,14,18H,9H2,1H3. The van der Waals surface area contributed by atoms with Crippen LogP contribution in [0.3, 0.4) is 0 Å². The normalized spacial score (nSPS) is 12.4. The molecule has 2 aromatic rings. The van der Waals surface area contributed by atoms with Crippen LogP contribution in [0.5, 0.6) is 0 Å². The van der Waals surface area contributed by atoms with E-state index >= 15 is 0 Å². The molecule has 0 aliphatic rings. The van der Waals surface area contributed by atoms with Gasteiger partial charge in [-0.2, -0.15) is 0 Å². The van der Waals surface area contributed by atoms with E-state index in [9.17, 15) is 13.9 Å². The average molecular weight is 248 g/mol. The van der Waals surface area contributed by atoms with Gasteiger partial charge in [0.25, 0.3) is 0 Å². The number of benzene rings is 2. The lowest BCUT2D eigenvalue weighted by atomic mass is 9.99. The van der Waals surface area contributed by atoms with Gasteiger partial charge in [0.1, 0.15) is 11.6 Å². The molecule has 0 aromatic heterocycles. The Hall–Kier alpha value is -1.74. The number of aliphatic hydroxyl groups is 1. The largest absolute Gasteiger partial charge is 0.388 e. The van der Waals surface area contributed by atoms with Gasteiger partial charge in [-0.05, 0) is 24.1 Å². The second kappa shape index (κ2) is 5.27. The van der Waals surface area contributed by atoms with Crippen molar-refractivity contribution in [1.29, 1.82) is 0 Å². The summed E-state index contributed by atoms with van der Waals surface area (Å²) in [6.45, 7) is 1.63. The van der Waals surface area contributed by atoms with E-state index in [4.69, 9.17) is 0 Å². The fraction of sp³-hybridized carbons (Fsp3) is 0.200. The van der Waals surface area contributed by atoms with Crippen LogP contribution in [0, 0.1) is 18.6 Å². The molecule has 1 N–H and O–H groups in total. The van der Waals surface area contributed by atoms with E-state index in [1.54, 1.807) is 37.3 Å². The van der Waals surface area contributed by atoms with Crippen molar-refractivity contribution in [2.75, 3.05) is 0 Å². The lowest BCUT2D eigenvalue weighted by molar-refractivity contribution is 0.172. The van der Waals surface area contributed by atoms with Crippen molar-refractivity contribution in [1.82, 2.24) is 0 Å². The zero-order chi connectivity index (χ0) is 13.1. The number of rotatable bonds is 3. The Morgan fingerprint density at radius 3 is 2.50 bits per heavy atom. The van der Waals surface area contributed by atoms with Gasteiger partial charge in [-0.3, -0.25) is 0 Å². The molecule has 1 unspecified atom stereocenters. The molecule has 0 amide bonds. The van der Waals surface area contributed by atoms with Crippen LogP contribution in [0.1, 0.15) is 22.8 Å². The van der Waals surface area contributed by atoms with Crippen molar-refractivity contribution in [3.05, 3.63) is 70.8 Å². The molecule has 2 aromatic carbocycles. The molecular formula is C15H14F2O. The molecule has 0 spiro atoms. The quantitative estimate of drug-likeness (QED) is 0.880. The maximum atomic E-state index is 13.8. The first-order chi connectivity index (χ1) is 8.59. The summed E-state index contributed by atoms with van der Waals surface area (Å²) in [4.78, 5) is 0. The lowest BCUT2D eigenvalue weighted by Gasteiger charge is -2.13. The summed E-state index contributed by atoms with van der Waals surface area (Å²) >= 11 is 0. The molecular weight excluding hydrogens is 234 g/mol. The molecule has 3 heteroatoms. The Morgan fingerprint density at radius 1 is 1.06 bits per heavy atom. The predicted molar refractivity (Wildman–Crippen MR) is 66.2 cm³/mol. The molecule has 1 nitrogen and oxygen atoms in total. The summed E-state index contributed by atoms with van der Waals surface area (Å²) in [6, 6.07) is 11.0. The summed E-state index contributed by atoms with van der Waals surface area (Å²) in [5, 5.41) is 10.00. The number of aryl methyl sites for hydroxylation is 1. The molecule has 0 fully saturated rings. The maximum Gasteiger partial charge on any atom is 0.131 e. The molecule has 0 saturated heterocycles. The Labute approximate surface area is 105 Å². The first kappa shape index (κ1) is 12.7. The lowest BCUT2D eigenvalue weighted by Crippen LogP contribution is -2.06. The van der Waals surface area contributed by atoms with Crippen LogP contribution in [0.15, 0.2) is 42.5 Å². The molecule has 0 heterocycles. The topological polar surface area (TPSA) is 20.2 Å². The fourth-order valence-corrected chi connectivity index (χ4v) is 1.91. The average Bonchev–Trinajstić information content (AvgIpc) is 2.35. The summed E-state index contributed by atoms with van der Waals surface area (Å²) in [5.74, 6) is -0.814. The van der Waals surface area contributed by atoms with E-state index in [2.05, 4.69) is 0 Å². The van der Waals surface area contributed by atoms with Crippen LogP contribution in [0.25, 0.3) is 0 Å². The first-order valence-corrected chi connectivity index (χ1v) is 5.76. The minimum Gasteiger partial charge on any atom is -0.388 e. The molecule has 0 aliphatic heterocycles. The second-order valence-corrected chi connectivity index (χ2v) is 4.29. The number of hydrogen-bond acceptors (Lipinski definition) is 1. The highest BCUT2D eigenvalue weighted by molar-refractivity contribution is 5.28. The van der Waals surface area contributed by atoms with Crippen LogP contribution in [-0.4, -0.2) is 5.11 Å². The van der Waals surface area contributed by atoms with Crippen molar-refractivity contribution < 1.29 is 13.9 Å². The van der Waals surface area contributed by atoms with Gasteiger partial charge in [0, 0.05) is 12.0 Å². The van der Waals surface area contributed by atoms with Crippen molar-refractivity contribution in [3.8, 4) is 0 Å². The molecule has 94 valence electrons. The van der Waals surface area contributed by atoms with Gasteiger partial charge in [0.2, 0.25) is 0 Å². The minimum absolute atomic E-state index is 0.0625. The number of halogens is 2. The van der Waals surface area contributed by atoms with Crippen LogP contribution in [-0.2, 0) is 6.42 Å². The smallest absolute Gasteiger partial charge is 0.131 e. The van der Waals surface area contributed by atoms with Crippen LogP contribution in [0.4, 0.5) is 8.78 Å². The highest BCUT2D eigenvalue weighted by atomic mass is 19.1. The minimum atomic E-state index is -1.04. The van der Waals surface area contributed by atoms with E-state index in [-0.39, 0.29) is 17.8 Å². The Kier molecular flexibility index (Phi) is 3.72. The van der Waals surface area contributed by atoms with Crippen molar-refractivity contribution in [2.45, 2.75) is 19.4 Å². The molecule has 0 aliphatic carbocycles. The van der Waals surface area contributed by atoms with Crippen LogP contribution >= 0.6 is 0 Å². The number of hydrogen-bond donors (Lipinski definition) is 1. The Balaban J connectivity index is 2.25. The SMILES string of the molecule is Cc1cccc(C(O)Cc2ccccc2F)c1F. The molecule has 0 radical (unpaired) electrons. The highest BCUT2D eigenvalue weighted by Crippen LogP contribution is 2.23. The van der Waals surface area contributed by atoms with E-state index in [0.29, 0.717) is 11.1 Å². The summed E-state index contributed by atoms with van der Waals surface area (Å²) in [6.07, 6.45) is -0.977. The van der Waals surface area contributed by atoms with E-state index in [0.717, 1.165) is 0 Å². The van der Waals surface area contributed by atoms with Gasteiger partial charge in [0.15, 0.2) is 0 Å². The first-order valence-electron chi connectivity index (χ1n) is 5.76. The highest BCUT2D eigenvalue weighted by Gasteiger charge is 2.16. The van der Waals surface area contributed by atoms with E-state index in [1.165, 1.54) is 12.1 Å². The van der Waals surface area contributed by atoms with E-state index < -0.39 is 11.9 Å². The third-order valence-electron chi connectivity index (χ3n) is 2.95. The number of aliphatic hydroxyl groups excluding tert-OH is 1. The maximum absolute atomic E-state index is 13.8. The van der Waals surface area contributed by atoms with Gasteiger partial charge in [-0.25, -0.2) is 8.78 Å². The van der Waals surface area contributed by atoms with Gasteiger partial charge in [0.05, 0.1) is 6.10 Å². The predicted octanol–water partition coefficient (Wildman–Crippen LogP) is 3.55. The van der Waals surface area contributed by atoms with Gasteiger partial charge >= 0.3 is 0 Å². The van der Waals surface area contributed by atoms with E-state index in [1.807, 2.05) is 0 Å². The Morgan fingerprint density at radius 2 is 1.78 bits per heavy atom. The molecule has 18 heavy (non-hydrogen) atoms. The summed E-state index contributed by atoms with van der Waals surface area (Å²) in [5.41, 5.74) is 1.06. The monoisotopic (exact) mass is 248 g/mol. The third kappa shape index (κ3) is 2.57. The zero-order valence-electron chi connectivity index (χ0n) is 10.0. The molecule has 0 saturated carbocycles. The van der Waals surface area contributed by atoms with Gasteiger partial charge in [-0.1, -0.05) is 36.4 Å². The third-order valence-corrected chi connectivity index (χ3v) is 2.95. The van der Waals surface area contributed by atoms with Gasteiger partial charge < -0.3 is 5.11 Å². The molecule has 0 bridgehead atoms. The fourth-order valence-electron chi connectivity index (χ4n) is 1.91. The van der Waals surface area contributed by atoms with Crippen LogP contribution in [0.2, 0.25) is 0 Å². The van der Waals surface area contributed by atoms with Crippen LogP contribution < -0.4 is 0 Å². The van der Waals surface area contributed by atoms with Crippen molar-refractivity contribution >= 4 is 0 Å². The summed E-state index contributed by atoms with van der Waals surface area (Å²) in [7, 11) is 0. The Bertz CT molecular complexity index is 552. The molecule has 1 atom stereocenters. The molecule has 2 rings (SSSR count). The van der Waals surface area contributed by atoms with Crippen molar-refractivity contribution in [3.63, 3.8) is 0 Å².